The molecule has 0 heterocycles. The molecule has 1 atom stereocenters. The number of hydrogen-bond donors (Lipinski definition) is 0. The van der Waals surface area contributed by atoms with E-state index in [2.05, 4.69) is 18.7 Å². The summed E-state index contributed by atoms with van der Waals surface area (Å²) in [6.07, 6.45) is 0.929. The molecule has 3 nitrogen and oxygen atoms in total. The fourth-order valence-corrected chi connectivity index (χ4v) is 1.88. The molecule has 0 bridgehead atoms. The third-order valence-corrected chi connectivity index (χ3v) is 2.93. The van der Waals surface area contributed by atoms with Gasteiger partial charge in [0.15, 0.2) is 0 Å². The van der Waals surface area contributed by atoms with Crippen LogP contribution in [0.5, 0.6) is 5.75 Å². The predicted octanol–water partition coefficient (Wildman–Crippen LogP) is 3.85. The Morgan fingerprint density at radius 1 is 1.10 bits per heavy atom. The van der Waals surface area contributed by atoms with Gasteiger partial charge >= 0.3 is 5.97 Å². The van der Waals surface area contributed by atoms with Crippen LogP contribution >= 0.6 is 0 Å². The Balaban J connectivity index is 1.93. The van der Waals surface area contributed by atoms with Crippen LogP contribution < -0.4 is 4.74 Å². The lowest BCUT2D eigenvalue weighted by Crippen LogP contribution is -2.20. The van der Waals surface area contributed by atoms with Crippen LogP contribution in [0.1, 0.15) is 6.92 Å². The van der Waals surface area contributed by atoms with Gasteiger partial charge in [0.25, 0.3) is 0 Å². The second kappa shape index (κ2) is 7.29. The normalized spacial score (nSPS) is 11.5. The average molecular weight is 282 g/mol. The van der Waals surface area contributed by atoms with Gasteiger partial charge in [-0.15, -0.1) is 0 Å². The van der Waals surface area contributed by atoms with Crippen molar-refractivity contribution in [1.82, 2.24) is 0 Å². The molecule has 0 N–H and O–H groups in total. The van der Waals surface area contributed by atoms with E-state index in [4.69, 9.17) is 9.47 Å². The molecule has 2 rings (SSSR count). The number of hydrogen-bond acceptors (Lipinski definition) is 3. The molecule has 21 heavy (non-hydrogen) atoms. The molecule has 0 saturated carbocycles. The summed E-state index contributed by atoms with van der Waals surface area (Å²) in [4.78, 5) is 11.0. The zero-order valence-electron chi connectivity index (χ0n) is 12.0. The van der Waals surface area contributed by atoms with Gasteiger partial charge in [-0.25, -0.2) is 4.79 Å². The first-order valence-electron chi connectivity index (χ1n) is 6.80. The molecule has 108 valence electrons. The topological polar surface area (TPSA) is 35.5 Å². The molecule has 0 aliphatic rings. The molecule has 0 spiro atoms. The van der Waals surface area contributed by atoms with Gasteiger partial charge in [0.2, 0.25) is 0 Å². The molecule has 0 aliphatic carbocycles. The van der Waals surface area contributed by atoms with E-state index in [1.165, 1.54) is 0 Å². The number of rotatable bonds is 6. The van der Waals surface area contributed by atoms with E-state index in [1.807, 2.05) is 49.4 Å². The summed E-state index contributed by atoms with van der Waals surface area (Å²) in [5.74, 6) is 0.307. The molecule has 0 aliphatic heterocycles. The first kappa shape index (κ1) is 14.9. The van der Waals surface area contributed by atoms with Crippen LogP contribution in [0, 0.1) is 0 Å². The molecule has 3 heteroatoms. The molecular weight excluding hydrogens is 264 g/mol. The molecule has 2 aromatic rings. The van der Waals surface area contributed by atoms with Crippen LogP contribution in [0.25, 0.3) is 11.1 Å². The second-order valence-electron chi connectivity index (χ2n) is 4.65. The zero-order chi connectivity index (χ0) is 15.1. The van der Waals surface area contributed by atoms with E-state index in [1.54, 1.807) is 0 Å². The minimum atomic E-state index is -0.440. The Hall–Kier alpha value is -2.55. The van der Waals surface area contributed by atoms with Crippen LogP contribution in [-0.4, -0.2) is 18.7 Å². The van der Waals surface area contributed by atoms with E-state index in [9.17, 15) is 4.79 Å². The van der Waals surface area contributed by atoms with Crippen molar-refractivity contribution in [3.05, 3.63) is 67.3 Å². The molecule has 0 saturated heterocycles. The van der Waals surface area contributed by atoms with E-state index in [0.29, 0.717) is 0 Å². The van der Waals surface area contributed by atoms with Crippen molar-refractivity contribution in [3.63, 3.8) is 0 Å². The zero-order valence-corrected chi connectivity index (χ0v) is 12.0. The number of esters is 1. The average Bonchev–Trinajstić information content (AvgIpc) is 2.54. The fourth-order valence-electron chi connectivity index (χ4n) is 1.88. The van der Waals surface area contributed by atoms with Gasteiger partial charge in [-0.05, 0) is 30.2 Å². The molecule has 0 aromatic heterocycles. The van der Waals surface area contributed by atoms with E-state index in [0.717, 1.165) is 23.0 Å². The van der Waals surface area contributed by atoms with E-state index >= 15 is 0 Å². The predicted molar refractivity (Wildman–Crippen MR) is 83.1 cm³/mol. The van der Waals surface area contributed by atoms with Crippen LogP contribution in [0.15, 0.2) is 67.3 Å². The van der Waals surface area contributed by atoms with E-state index in [-0.39, 0.29) is 12.7 Å². The molecule has 1 unspecified atom stereocenters. The van der Waals surface area contributed by atoms with Crippen LogP contribution in [0.3, 0.4) is 0 Å². The van der Waals surface area contributed by atoms with Gasteiger partial charge in [0, 0.05) is 6.08 Å². The highest BCUT2D eigenvalue weighted by Crippen LogP contribution is 2.22. The largest absolute Gasteiger partial charge is 0.487 e. The summed E-state index contributed by atoms with van der Waals surface area (Å²) < 4.78 is 10.6. The second-order valence-corrected chi connectivity index (χ2v) is 4.65. The smallest absolute Gasteiger partial charge is 0.330 e. The minimum Gasteiger partial charge on any atom is -0.487 e. The van der Waals surface area contributed by atoms with Crippen molar-refractivity contribution in [3.8, 4) is 16.9 Å². The molecular formula is C18H18O3. The maximum atomic E-state index is 11.0. The van der Waals surface area contributed by atoms with Crippen molar-refractivity contribution >= 4 is 5.97 Å². The van der Waals surface area contributed by atoms with Crippen LogP contribution in [0.4, 0.5) is 0 Å². The number of benzene rings is 2. The molecule has 0 radical (unpaired) electrons. The summed E-state index contributed by atoms with van der Waals surface area (Å²) in [5.41, 5.74) is 2.30. The maximum Gasteiger partial charge on any atom is 0.330 e. The van der Waals surface area contributed by atoms with Crippen molar-refractivity contribution in [1.29, 1.82) is 0 Å². The Morgan fingerprint density at radius 2 is 1.71 bits per heavy atom. The van der Waals surface area contributed by atoms with Gasteiger partial charge in [-0.2, -0.15) is 0 Å². The quantitative estimate of drug-likeness (QED) is 0.596. The third kappa shape index (κ3) is 4.49. The van der Waals surface area contributed by atoms with Gasteiger partial charge in [0.05, 0.1) is 0 Å². The highest BCUT2D eigenvalue weighted by atomic mass is 16.6. The lowest BCUT2D eigenvalue weighted by atomic mass is 10.1. The van der Waals surface area contributed by atoms with Crippen LogP contribution in [-0.2, 0) is 9.53 Å². The van der Waals surface area contributed by atoms with Crippen molar-refractivity contribution in [2.45, 2.75) is 13.0 Å². The van der Waals surface area contributed by atoms with Gasteiger partial charge < -0.3 is 9.47 Å². The molecule has 0 amide bonds. The van der Waals surface area contributed by atoms with Crippen LogP contribution in [0.2, 0.25) is 0 Å². The third-order valence-electron chi connectivity index (χ3n) is 2.93. The highest BCUT2D eigenvalue weighted by molar-refractivity contribution is 5.81. The fraction of sp³-hybridized carbons (Fsp3) is 0.167. The molecule has 0 fully saturated rings. The standard InChI is InChI=1S/C18H18O3/c1-3-18(19)20-13-14(2)21-17-11-9-16(10-12-17)15-7-5-4-6-8-15/h3-12,14H,1,13H2,2H3. The molecule has 2 aromatic carbocycles. The number of ether oxygens (including phenoxy) is 2. The summed E-state index contributed by atoms with van der Waals surface area (Å²) >= 11 is 0. The highest BCUT2D eigenvalue weighted by Gasteiger charge is 2.07. The number of carbonyl (C=O) groups excluding carboxylic acids is 1. The Kier molecular flexibility index (Phi) is 5.16. The lowest BCUT2D eigenvalue weighted by Gasteiger charge is -2.14. The van der Waals surface area contributed by atoms with E-state index < -0.39 is 5.97 Å². The number of carbonyl (C=O) groups is 1. The Morgan fingerprint density at radius 3 is 2.33 bits per heavy atom. The Labute approximate surface area is 124 Å². The lowest BCUT2D eigenvalue weighted by molar-refractivity contribution is -0.139. The van der Waals surface area contributed by atoms with Crippen molar-refractivity contribution in [2.24, 2.45) is 0 Å². The first-order chi connectivity index (χ1) is 10.2. The monoisotopic (exact) mass is 282 g/mol. The summed E-state index contributed by atoms with van der Waals surface area (Å²) in [6.45, 7) is 5.39. The van der Waals surface area contributed by atoms with Gasteiger partial charge in [0.1, 0.15) is 18.5 Å². The Bertz CT molecular complexity index is 588. The maximum absolute atomic E-state index is 11.0. The van der Waals surface area contributed by atoms with Crippen molar-refractivity contribution in [2.75, 3.05) is 6.61 Å². The minimum absolute atomic E-state index is 0.200. The summed E-state index contributed by atoms with van der Waals surface area (Å²) in [6, 6.07) is 18.0. The van der Waals surface area contributed by atoms with Gasteiger partial charge in [-0.3, -0.25) is 0 Å². The SMILES string of the molecule is C=CC(=O)OCC(C)Oc1ccc(-c2ccccc2)cc1. The summed E-state index contributed by atoms with van der Waals surface area (Å²) in [7, 11) is 0. The summed E-state index contributed by atoms with van der Waals surface area (Å²) in [5, 5.41) is 0. The van der Waals surface area contributed by atoms with Gasteiger partial charge in [-0.1, -0.05) is 49.0 Å². The van der Waals surface area contributed by atoms with Crippen molar-refractivity contribution < 1.29 is 14.3 Å². The first-order valence-corrected chi connectivity index (χ1v) is 6.80.